The van der Waals surface area contributed by atoms with Crippen molar-refractivity contribution in [1.29, 1.82) is 0 Å². The number of benzene rings is 1. The molecule has 1 heterocycles. The fraction of sp³-hybridized carbons (Fsp3) is 0.300. The summed E-state index contributed by atoms with van der Waals surface area (Å²) in [5.74, 6) is 0.761. The molecule has 0 aliphatic carbocycles. The first-order chi connectivity index (χ1) is 6.77. The summed E-state index contributed by atoms with van der Waals surface area (Å²) in [5, 5.41) is 5.97. The highest BCUT2D eigenvalue weighted by Gasteiger charge is 2.10. The molecule has 0 amide bonds. The topological polar surface area (TPSA) is 27.1 Å². The zero-order chi connectivity index (χ0) is 10.1. The van der Waals surface area contributed by atoms with Crippen LogP contribution in [0.3, 0.4) is 0 Å². The molecule has 0 radical (unpaired) electrons. The van der Waals surface area contributed by atoms with E-state index >= 15 is 0 Å². The van der Waals surface area contributed by atoms with E-state index in [1.807, 2.05) is 25.1 Å². The van der Waals surface area contributed by atoms with Gasteiger partial charge in [-0.15, -0.1) is 0 Å². The number of hydrogen-bond acceptors (Lipinski definition) is 2. The molecule has 0 fully saturated rings. The smallest absolute Gasteiger partial charge is 0.147 e. The number of hydrogen-bond donors (Lipinski definition) is 0. The normalized spacial score (nSPS) is 10.8. The van der Waals surface area contributed by atoms with Gasteiger partial charge in [-0.2, -0.15) is 5.10 Å². The van der Waals surface area contributed by atoms with Gasteiger partial charge < -0.3 is 4.74 Å². The average molecular weight is 211 g/mol. The van der Waals surface area contributed by atoms with Crippen LogP contribution in [0.25, 0.3) is 10.9 Å². The van der Waals surface area contributed by atoms with Crippen molar-refractivity contribution in [2.75, 3.05) is 7.11 Å². The molecule has 0 atom stereocenters. The third-order valence-electron chi connectivity index (χ3n) is 2.19. The van der Waals surface area contributed by atoms with Crippen LogP contribution in [0, 0.1) is 0 Å². The largest absolute Gasteiger partial charge is 0.494 e. The Morgan fingerprint density at radius 1 is 1.50 bits per heavy atom. The van der Waals surface area contributed by atoms with Crippen LogP contribution in [0.1, 0.15) is 6.92 Å². The standard InChI is InChI=1S/C10H11ClN2O/c1-3-13-10(11)7-5-4-6-8(14-2)9(7)12-13/h4-6H,3H2,1-2H3. The van der Waals surface area contributed by atoms with Gasteiger partial charge in [0.05, 0.1) is 7.11 Å². The molecule has 3 nitrogen and oxygen atoms in total. The maximum absolute atomic E-state index is 6.13. The summed E-state index contributed by atoms with van der Waals surface area (Å²) in [5.41, 5.74) is 0.821. The first kappa shape index (κ1) is 9.34. The van der Waals surface area contributed by atoms with Gasteiger partial charge in [0.25, 0.3) is 0 Å². The molecule has 0 bridgehead atoms. The second-order valence-corrected chi connectivity index (χ2v) is 3.32. The summed E-state index contributed by atoms with van der Waals surface area (Å²) in [6.07, 6.45) is 0. The molecule has 0 unspecified atom stereocenters. The van der Waals surface area contributed by atoms with Gasteiger partial charge in [-0.05, 0) is 19.1 Å². The molecule has 2 rings (SSSR count). The summed E-state index contributed by atoms with van der Waals surface area (Å²) in [6, 6.07) is 5.74. The zero-order valence-corrected chi connectivity index (χ0v) is 8.88. The van der Waals surface area contributed by atoms with Gasteiger partial charge in [0.2, 0.25) is 0 Å². The molecule has 2 aromatic rings. The van der Waals surface area contributed by atoms with Crippen LogP contribution in [-0.4, -0.2) is 16.9 Å². The van der Waals surface area contributed by atoms with Crippen LogP contribution in [0.5, 0.6) is 5.75 Å². The van der Waals surface area contributed by atoms with Crippen molar-refractivity contribution in [3.8, 4) is 5.75 Å². The predicted octanol–water partition coefficient (Wildman–Crippen LogP) is 2.72. The molecule has 0 N–H and O–H groups in total. The fourth-order valence-electron chi connectivity index (χ4n) is 1.47. The SMILES string of the molecule is CCn1nc2c(OC)cccc2c1Cl. The molecule has 0 saturated heterocycles. The Hall–Kier alpha value is -1.22. The van der Waals surface area contributed by atoms with Crippen LogP contribution in [0.2, 0.25) is 5.15 Å². The van der Waals surface area contributed by atoms with E-state index in [2.05, 4.69) is 5.10 Å². The lowest BCUT2D eigenvalue weighted by atomic mass is 10.2. The van der Waals surface area contributed by atoms with Crippen LogP contribution in [0.4, 0.5) is 0 Å². The maximum Gasteiger partial charge on any atom is 0.147 e. The van der Waals surface area contributed by atoms with E-state index in [0.29, 0.717) is 5.15 Å². The number of halogens is 1. The Balaban J connectivity index is 2.77. The van der Waals surface area contributed by atoms with Gasteiger partial charge in [-0.3, -0.25) is 4.68 Å². The summed E-state index contributed by atoms with van der Waals surface area (Å²) < 4.78 is 6.96. The van der Waals surface area contributed by atoms with Crippen LogP contribution >= 0.6 is 11.6 Å². The number of methoxy groups -OCH3 is 1. The molecule has 0 spiro atoms. The minimum absolute atomic E-state index is 0.668. The number of ether oxygens (including phenoxy) is 1. The van der Waals surface area contributed by atoms with Crippen LogP contribution in [-0.2, 0) is 6.54 Å². The van der Waals surface area contributed by atoms with Crippen molar-refractivity contribution in [3.63, 3.8) is 0 Å². The third kappa shape index (κ3) is 1.24. The Bertz CT molecular complexity index is 464. The average Bonchev–Trinajstić information content (AvgIpc) is 2.55. The first-order valence-electron chi connectivity index (χ1n) is 4.47. The summed E-state index contributed by atoms with van der Waals surface area (Å²) in [4.78, 5) is 0. The molecule has 0 saturated carbocycles. The molecule has 14 heavy (non-hydrogen) atoms. The molecule has 74 valence electrons. The molecule has 1 aromatic heterocycles. The zero-order valence-electron chi connectivity index (χ0n) is 8.12. The van der Waals surface area contributed by atoms with Gasteiger partial charge in [0.15, 0.2) is 0 Å². The predicted molar refractivity (Wildman–Crippen MR) is 57.0 cm³/mol. The molecular formula is C10H11ClN2O. The van der Waals surface area contributed by atoms with E-state index in [9.17, 15) is 0 Å². The number of fused-ring (bicyclic) bond motifs is 1. The Labute approximate surface area is 87.2 Å². The number of aryl methyl sites for hydroxylation is 1. The number of nitrogens with zero attached hydrogens (tertiary/aromatic N) is 2. The molecule has 0 aliphatic heterocycles. The van der Waals surface area contributed by atoms with Gasteiger partial charge in [-0.1, -0.05) is 17.7 Å². The lowest BCUT2D eigenvalue weighted by Gasteiger charge is -1.97. The van der Waals surface area contributed by atoms with Crippen molar-refractivity contribution in [3.05, 3.63) is 23.4 Å². The third-order valence-corrected chi connectivity index (χ3v) is 2.59. The summed E-state index contributed by atoms with van der Waals surface area (Å²) in [6.45, 7) is 2.76. The van der Waals surface area contributed by atoms with Gasteiger partial charge in [0, 0.05) is 11.9 Å². The second kappa shape index (κ2) is 3.50. The van der Waals surface area contributed by atoms with E-state index in [4.69, 9.17) is 16.3 Å². The molecular weight excluding hydrogens is 200 g/mol. The highest BCUT2D eigenvalue weighted by Crippen LogP contribution is 2.29. The number of aromatic nitrogens is 2. The Morgan fingerprint density at radius 3 is 2.93 bits per heavy atom. The van der Waals surface area contributed by atoms with E-state index < -0.39 is 0 Å². The highest BCUT2D eigenvalue weighted by molar-refractivity contribution is 6.34. The van der Waals surface area contributed by atoms with E-state index in [1.165, 1.54) is 0 Å². The lowest BCUT2D eigenvalue weighted by molar-refractivity contribution is 0.418. The van der Waals surface area contributed by atoms with Gasteiger partial charge >= 0.3 is 0 Å². The van der Waals surface area contributed by atoms with Gasteiger partial charge in [-0.25, -0.2) is 0 Å². The second-order valence-electron chi connectivity index (χ2n) is 2.96. The van der Waals surface area contributed by atoms with Crippen LogP contribution < -0.4 is 4.74 Å². The monoisotopic (exact) mass is 210 g/mol. The van der Waals surface area contributed by atoms with E-state index in [0.717, 1.165) is 23.2 Å². The summed E-state index contributed by atoms with van der Waals surface area (Å²) in [7, 11) is 1.63. The lowest BCUT2D eigenvalue weighted by Crippen LogP contribution is -1.95. The minimum atomic E-state index is 0.668. The van der Waals surface area contributed by atoms with Crippen molar-refractivity contribution >= 4 is 22.5 Å². The first-order valence-corrected chi connectivity index (χ1v) is 4.84. The Morgan fingerprint density at radius 2 is 2.29 bits per heavy atom. The summed E-state index contributed by atoms with van der Waals surface area (Å²) >= 11 is 6.13. The molecule has 0 aliphatic rings. The Kier molecular flexibility index (Phi) is 2.33. The van der Waals surface area contributed by atoms with Crippen molar-refractivity contribution in [1.82, 2.24) is 9.78 Å². The molecule has 4 heteroatoms. The van der Waals surface area contributed by atoms with Crippen molar-refractivity contribution in [2.45, 2.75) is 13.5 Å². The van der Waals surface area contributed by atoms with Crippen LogP contribution in [0.15, 0.2) is 18.2 Å². The molecule has 1 aromatic carbocycles. The maximum atomic E-state index is 6.13. The fourth-order valence-corrected chi connectivity index (χ4v) is 1.78. The van der Waals surface area contributed by atoms with Crippen molar-refractivity contribution in [2.24, 2.45) is 0 Å². The van der Waals surface area contributed by atoms with E-state index in [1.54, 1.807) is 11.8 Å². The quantitative estimate of drug-likeness (QED) is 0.762. The van der Waals surface area contributed by atoms with Crippen molar-refractivity contribution < 1.29 is 4.74 Å². The number of rotatable bonds is 2. The highest BCUT2D eigenvalue weighted by atomic mass is 35.5. The van der Waals surface area contributed by atoms with Gasteiger partial charge in [0.1, 0.15) is 16.4 Å². The minimum Gasteiger partial charge on any atom is -0.494 e. The van der Waals surface area contributed by atoms with E-state index in [-0.39, 0.29) is 0 Å².